The number of fused-ring (bicyclic) bond motifs is 5. The van der Waals surface area contributed by atoms with Gasteiger partial charge in [0, 0.05) is 29.9 Å². The molecule has 2 aliphatic heterocycles. The molecule has 2 heterocycles. The second-order valence-electron chi connectivity index (χ2n) is 7.11. The SMILES string of the molecule is CN1c2ccccc2[C@H]2[C@H](NC(=O)C(F)(F)F)CCCN2c2cc(Cl)ccc21. The maximum Gasteiger partial charge on any atom is 0.471 e. The van der Waals surface area contributed by atoms with Gasteiger partial charge in [0.15, 0.2) is 0 Å². The number of carbonyl (C=O) groups excluding carboxylic acids is 1. The number of benzene rings is 2. The molecule has 2 aliphatic rings. The van der Waals surface area contributed by atoms with Crippen molar-refractivity contribution in [3.63, 3.8) is 0 Å². The molecule has 0 aliphatic carbocycles. The summed E-state index contributed by atoms with van der Waals surface area (Å²) in [4.78, 5) is 15.8. The predicted octanol–water partition coefficient (Wildman–Crippen LogP) is 4.81. The first-order valence-corrected chi connectivity index (χ1v) is 9.41. The summed E-state index contributed by atoms with van der Waals surface area (Å²) >= 11 is 6.24. The Balaban J connectivity index is 1.85. The molecule has 2 aromatic rings. The monoisotopic (exact) mass is 409 g/mol. The topological polar surface area (TPSA) is 35.6 Å². The lowest BCUT2D eigenvalue weighted by atomic mass is 9.89. The lowest BCUT2D eigenvalue weighted by Crippen LogP contribution is -2.52. The number of para-hydroxylation sites is 1. The number of alkyl halides is 3. The van der Waals surface area contributed by atoms with Crippen molar-refractivity contribution in [3.05, 3.63) is 53.1 Å². The molecule has 1 saturated heterocycles. The zero-order valence-corrected chi connectivity index (χ0v) is 15.9. The van der Waals surface area contributed by atoms with E-state index in [1.807, 2.05) is 48.3 Å². The summed E-state index contributed by atoms with van der Waals surface area (Å²) in [5.74, 6) is -1.90. The van der Waals surface area contributed by atoms with Gasteiger partial charge in [0.25, 0.3) is 0 Å². The van der Waals surface area contributed by atoms with Crippen molar-refractivity contribution >= 4 is 34.6 Å². The van der Waals surface area contributed by atoms with E-state index >= 15 is 0 Å². The molecule has 0 bridgehead atoms. The highest BCUT2D eigenvalue weighted by Crippen LogP contribution is 2.48. The number of nitrogens with one attached hydrogen (secondary N) is 1. The minimum absolute atomic E-state index is 0.418. The van der Waals surface area contributed by atoms with Crippen LogP contribution in [0.3, 0.4) is 0 Å². The molecule has 0 unspecified atom stereocenters. The minimum atomic E-state index is -4.91. The van der Waals surface area contributed by atoms with E-state index in [-0.39, 0.29) is 0 Å². The normalized spacial score (nSPS) is 21.3. The molecule has 4 rings (SSSR count). The maximum absolute atomic E-state index is 12.9. The largest absolute Gasteiger partial charge is 0.471 e. The third kappa shape index (κ3) is 3.17. The van der Waals surface area contributed by atoms with E-state index in [1.54, 1.807) is 6.07 Å². The fourth-order valence-corrected chi connectivity index (χ4v) is 4.40. The van der Waals surface area contributed by atoms with Crippen molar-refractivity contribution in [2.75, 3.05) is 23.4 Å². The average Bonchev–Trinajstić information content (AvgIpc) is 2.76. The van der Waals surface area contributed by atoms with Crippen molar-refractivity contribution in [3.8, 4) is 0 Å². The molecular formula is C20H19ClF3N3O. The van der Waals surface area contributed by atoms with E-state index < -0.39 is 24.2 Å². The Hall–Kier alpha value is -2.41. The van der Waals surface area contributed by atoms with Crippen molar-refractivity contribution in [2.45, 2.75) is 31.1 Å². The molecule has 1 amide bonds. The molecule has 0 spiro atoms. The summed E-state index contributed by atoms with van der Waals surface area (Å²) in [6.07, 6.45) is -3.78. The van der Waals surface area contributed by atoms with Gasteiger partial charge in [-0.3, -0.25) is 4.79 Å². The highest BCUT2D eigenvalue weighted by atomic mass is 35.5. The zero-order valence-electron chi connectivity index (χ0n) is 15.1. The number of hydrogen-bond acceptors (Lipinski definition) is 3. The molecule has 2 atom stereocenters. The molecule has 0 saturated carbocycles. The van der Waals surface area contributed by atoms with Gasteiger partial charge in [-0.15, -0.1) is 0 Å². The predicted molar refractivity (Wildman–Crippen MR) is 103 cm³/mol. The first-order valence-electron chi connectivity index (χ1n) is 9.04. The second kappa shape index (κ2) is 6.88. The van der Waals surface area contributed by atoms with Crippen LogP contribution in [0.5, 0.6) is 0 Å². The highest BCUT2D eigenvalue weighted by Gasteiger charge is 2.44. The zero-order chi connectivity index (χ0) is 20.1. The van der Waals surface area contributed by atoms with E-state index in [1.165, 1.54) is 0 Å². The van der Waals surface area contributed by atoms with Gasteiger partial charge >= 0.3 is 12.1 Å². The Bertz CT molecular complexity index is 918. The Morgan fingerprint density at radius 1 is 1.14 bits per heavy atom. The second-order valence-corrected chi connectivity index (χ2v) is 7.55. The molecule has 4 nitrogen and oxygen atoms in total. The van der Waals surface area contributed by atoms with E-state index in [2.05, 4.69) is 10.2 Å². The van der Waals surface area contributed by atoms with Gasteiger partial charge in [-0.1, -0.05) is 29.8 Å². The Morgan fingerprint density at radius 3 is 2.64 bits per heavy atom. The van der Waals surface area contributed by atoms with Gasteiger partial charge < -0.3 is 15.1 Å². The van der Waals surface area contributed by atoms with Crippen LogP contribution in [0.2, 0.25) is 5.02 Å². The van der Waals surface area contributed by atoms with E-state index in [0.717, 1.165) is 22.6 Å². The van der Waals surface area contributed by atoms with Crippen LogP contribution in [0.25, 0.3) is 0 Å². The molecule has 1 fully saturated rings. The third-order valence-electron chi connectivity index (χ3n) is 5.43. The molecule has 1 N–H and O–H groups in total. The van der Waals surface area contributed by atoms with Gasteiger partial charge in [0.1, 0.15) is 0 Å². The number of hydrogen-bond donors (Lipinski definition) is 1. The van der Waals surface area contributed by atoms with Gasteiger partial charge in [0.2, 0.25) is 0 Å². The summed E-state index contributed by atoms with van der Waals surface area (Å²) in [6.45, 7) is 0.665. The third-order valence-corrected chi connectivity index (χ3v) is 5.67. The number of nitrogens with zero attached hydrogens (tertiary/aromatic N) is 2. The van der Waals surface area contributed by atoms with Crippen LogP contribution in [0.4, 0.5) is 30.2 Å². The maximum atomic E-state index is 12.9. The quantitative estimate of drug-likeness (QED) is 0.734. The summed E-state index contributed by atoms with van der Waals surface area (Å²) in [6, 6.07) is 12.1. The van der Waals surface area contributed by atoms with Crippen LogP contribution < -0.4 is 15.1 Å². The lowest BCUT2D eigenvalue weighted by Gasteiger charge is -2.43. The van der Waals surface area contributed by atoms with Crippen LogP contribution in [0.15, 0.2) is 42.5 Å². The van der Waals surface area contributed by atoms with Crippen LogP contribution in [-0.2, 0) is 4.79 Å². The van der Waals surface area contributed by atoms with Crippen molar-refractivity contribution in [1.29, 1.82) is 0 Å². The van der Waals surface area contributed by atoms with E-state index in [0.29, 0.717) is 24.4 Å². The minimum Gasteiger partial charge on any atom is -0.361 e. The number of anilines is 3. The van der Waals surface area contributed by atoms with Crippen LogP contribution in [0.1, 0.15) is 24.4 Å². The first-order chi connectivity index (χ1) is 13.3. The summed E-state index contributed by atoms with van der Waals surface area (Å²) in [5.41, 5.74) is 3.54. The molecule has 2 aromatic carbocycles. The smallest absolute Gasteiger partial charge is 0.361 e. The molecular weight excluding hydrogens is 391 g/mol. The van der Waals surface area contributed by atoms with Crippen molar-refractivity contribution < 1.29 is 18.0 Å². The van der Waals surface area contributed by atoms with E-state index in [4.69, 9.17) is 11.6 Å². The molecule has 0 radical (unpaired) electrons. The van der Waals surface area contributed by atoms with Crippen LogP contribution >= 0.6 is 11.6 Å². The number of carbonyl (C=O) groups is 1. The Morgan fingerprint density at radius 2 is 1.89 bits per heavy atom. The Labute approximate surface area is 165 Å². The lowest BCUT2D eigenvalue weighted by molar-refractivity contribution is -0.174. The van der Waals surface area contributed by atoms with Crippen molar-refractivity contribution in [1.82, 2.24) is 5.32 Å². The Kier molecular flexibility index (Phi) is 4.65. The average molecular weight is 410 g/mol. The summed E-state index contributed by atoms with van der Waals surface area (Å²) < 4.78 is 38.7. The number of rotatable bonds is 1. The summed E-state index contributed by atoms with van der Waals surface area (Å²) in [7, 11) is 1.92. The molecule has 28 heavy (non-hydrogen) atoms. The highest BCUT2D eigenvalue weighted by molar-refractivity contribution is 6.31. The fraction of sp³-hybridized carbons (Fsp3) is 0.350. The van der Waals surface area contributed by atoms with Crippen molar-refractivity contribution in [2.24, 2.45) is 0 Å². The van der Waals surface area contributed by atoms with Gasteiger partial charge in [-0.05, 0) is 37.1 Å². The van der Waals surface area contributed by atoms with Crippen LogP contribution in [0, 0.1) is 0 Å². The fourth-order valence-electron chi connectivity index (χ4n) is 4.24. The van der Waals surface area contributed by atoms with E-state index in [9.17, 15) is 18.0 Å². The number of piperidine rings is 1. The number of amides is 1. The van der Waals surface area contributed by atoms with Crippen LogP contribution in [-0.4, -0.2) is 31.7 Å². The molecule has 8 heteroatoms. The molecule has 148 valence electrons. The van der Waals surface area contributed by atoms with Gasteiger partial charge in [-0.25, -0.2) is 0 Å². The first kappa shape index (κ1) is 18.9. The standard InChI is InChI=1S/C20H19ClF3N3O/c1-26-15-7-3-2-5-13(15)18-14(25-19(28)20(22,23)24)6-4-10-27(18)17-11-12(21)8-9-16(17)26/h2-3,5,7-9,11,14,18H,4,6,10H2,1H3,(H,25,28)/t14-,18+/m1/s1. The van der Waals surface area contributed by atoms with Gasteiger partial charge in [-0.2, -0.15) is 13.2 Å². The molecule has 0 aromatic heterocycles. The summed E-state index contributed by atoms with van der Waals surface area (Å²) in [5, 5.41) is 2.78. The van der Waals surface area contributed by atoms with Gasteiger partial charge in [0.05, 0.1) is 23.5 Å². The number of halogens is 4.